The van der Waals surface area contributed by atoms with E-state index in [1.54, 1.807) is 0 Å². The summed E-state index contributed by atoms with van der Waals surface area (Å²) in [6.45, 7) is 0. The average molecular weight is 328 g/mol. The fourth-order valence-electron chi connectivity index (χ4n) is 1.86. The zero-order valence-electron chi connectivity index (χ0n) is 10.5. The van der Waals surface area contributed by atoms with Gasteiger partial charge in [-0.15, -0.1) is 0 Å². The van der Waals surface area contributed by atoms with Gasteiger partial charge in [-0.2, -0.15) is 26.3 Å². The monoisotopic (exact) mass is 328 g/mol. The molecule has 0 radical (unpaired) electrons. The third-order valence-electron chi connectivity index (χ3n) is 2.99. The molecule has 22 heavy (non-hydrogen) atoms. The molecule has 0 aliphatic rings. The van der Waals surface area contributed by atoms with Gasteiger partial charge in [-0.05, 0) is 24.3 Å². The summed E-state index contributed by atoms with van der Waals surface area (Å²) in [6, 6.07) is 3.65. The van der Waals surface area contributed by atoms with E-state index in [0.717, 1.165) is 6.26 Å². The quantitative estimate of drug-likeness (QED) is 0.829. The van der Waals surface area contributed by atoms with Crippen LogP contribution in [-0.4, -0.2) is 17.5 Å². The van der Waals surface area contributed by atoms with E-state index in [0.29, 0.717) is 12.1 Å². The summed E-state index contributed by atoms with van der Waals surface area (Å²) < 4.78 is 94.7. The lowest BCUT2D eigenvalue weighted by atomic mass is 9.91. The van der Waals surface area contributed by atoms with Gasteiger partial charge in [0.15, 0.2) is 0 Å². The summed E-state index contributed by atoms with van der Waals surface area (Å²) in [7, 11) is 0. The second kappa shape index (κ2) is 5.01. The van der Waals surface area contributed by atoms with Gasteiger partial charge in [0.25, 0.3) is 5.60 Å². The second-order valence-corrected chi connectivity index (χ2v) is 4.38. The Kier molecular flexibility index (Phi) is 3.72. The van der Waals surface area contributed by atoms with Crippen molar-refractivity contribution in [2.24, 2.45) is 0 Å². The van der Waals surface area contributed by atoms with Gasteiger partial charge in [-0.25, -0.2) is 4.39 Å². The highest BCUT2D eigenvalue weighted by atomic mass is 19.4. The number of halogens is 7. The Hall–Kier alpha value is -2.03. The fourth-order valence-corrected chi connectivity index (χ4v) is 1.86. The fraction of sp³-hybridized carbons (Fsp3) is 0.231. The summed E-state index contributed by atoms with van der Waals surface area (Å²) in [5.74, 6) is -1.47. The van der Waals surface area contributed by atoms with Crippen LogP contribution in [-0.2, 0) is 5.60 Å². The van der Waals surface area contributed by atoms with Gasteiger partial charge in [0, 0.05) is 5.56 Å². The largest absolute Gasteiger partial charge is 0.464 e. The number of rotatable bonds is 2. The van der Waals surface area contributed by atoms with Crippen molar-refractivity contribution in [2.75, 3.05) is 0 Å². The molecule has 0 saturated carbocycles. The van der Waals surface area contributed by atoms with E-state index in [1.807, 2.05) is 0 Å². The van der Waals surface area contributed by atoms with Crippen molar-refractivity contribution in [1.82, 2.24) is 0 Å². The van der Waals surface area contributed by atoms with Crippen molar-refractivity contribution in [3.05, 3.63) is 48.0 Å². The van der Waals surface area contributed by atoms with Gasteiger partial charge in [-0.3, -0.25) is 0 Å². The van der Waals surface area contributed by atoms with Crippen LogP contribution < -0.4 is 0 Å². The molecule has 1 aromatic carbocycles. The molecule has 0 saturated heterocycles. The van der Waals surface area contributed by atoms with Crippen molar-refractivity contribution in [1.29, 1.82) is 0 Å². The van der Waals surface area contributed by atoms with Crippen molar-refractivity contribution < 1.29 is 40.3 Å². The predicted octanol–water partition coefficient (Wildman–Crippen LogP) is 4.40. The molecule has 0 fully saturated rings. The van der Waals surface area contributed by atoms with Crippen LogP contribution in [0.4, 0.5) is 30.7 Å². The average Bonchev–Trinajstić information content (AvgIpc) is 2.88. The van der Waals surface area contributed by atoms with Crippen molar-refractivity contribution in [2.45, 2.75) is 18.0 Å². The van der Waals surface area contributed by atoms with Crippen LogP contribution >= 0.6 is 0 Å². The molecule has 2 aromatic rings. The van der Waals surface area contributed by atoms with Gasteiger partial charge < -0.3 is 9.52 Å². The maximum absolute atomic E-state index is 13.8. The Labute approximate surface area is 118 Å². The van der Waals surface area contributed by atoms with Gasteiger partial charge in [0.2, 0.25) is 0 Å². The van der Waals surface area contributed by atoms with Gasteiger partial charge in [0.1, 0.15) is 11.6 Å². The van der Waals surface area contributed by atoms with Gasteiger partial charge >= 0.3 is 12.4 Å². The minimum absolute atomic E-state index is 0.0150. The Bertz CT molecular complexity index is 642. The third-order valence-corrected chi connectivity index (χ3v) is 2.99. The Balaban J connectivity index is 2.59. The van der Waals surface area contributed by atoms with Crippen molar-refractivity contribution >= 4 is 0 Å². The number of aliphatic hydroxyl groups is 1. The summed E-state index contributed by atoms with van der Waals surface area (Å²) in [5.41, 5.74) is -7.16. The number of furan rings is 1. The third kappa shape index (κ3) is 2.45. The van der Waals surface area contributed by atoms with Crippen LogP contribution in [0, 0.1) is 5.82 Å². The maximum atomic E-state index is 13.8. The molecule has 1 aromatic heterocycles. The summed E-state index contributed by atoms with van der Waals surface area (Å²) in [5, 5.41) is 9.16. The zero-order valence-corrected chi connectivity index (χ0v) is 10.5. The van der Waals surface area contributed by atoms with E-state index in [9.17, 15) is 30.7 Å². The number of hydrogen-bond donors (Lipinski definition) is 1. The Morgan fingerprint density at radius 1 is 0.909 bits per heavy atom. The molecule has 0 atom stereocenters. The molecule has 0 amide bonds. The number of hydrogen-bond acceptors (Lipinski definition) is 2. The lowest BCUT2D eigenvalue weighted by Gasteiger charge is -2.32. The first-order valence-corrected chi connectivity index (χ1v) is 5.68. The Morgan fingerprint density at radius 3 is 1.91 bits per heavy atom. The predicted molar refractivity (Wildman–Crippen MR) is 60.1 cm³/mol. The molecule has 2 nitrogen and oxygen atoms in total. The van der Waals surface area contributed by atoms with Crippen LogP contribution in [0.2, 0.25) is 0 Å². The van der Waals surface area contributed by atoms with Crippen LogP contribution in [0.15, 0.2) is 41.0 Å². The van der Waals surface area contributed by atoms with Gasteiger partial charge in [-0.1, -0.05) is 6.07 Å². The molecule has 0 aliphatic heterocycles. The standard InChI is InChI=1S/C13H7F7O2/c14-9-6-7(3-4-8(9)10-2-1-5-22-10)11(21,12(15,16)17)13(18,19)20/h1-6,21H. The highest BCUT2D eigenvalue weighted by Crippen LogP contribution is 2.50. The minimum atomic E-state index is -6.07. The first-order chi connectivity index (χ1) is 9.98. The zero-order chi connectivity index (χ0) is 16.8. The number of alkyl halides is 6. The summed E-state index contributed by atoms with van der Waals surface area (Å²) in [4.78, 5) is 0. The summed E-state index contributed by atoms with van der Waals surface area (Å²) >= 11 is 0. The van der Waals surface area contributed by atoms with E-state index in [-0.39, 0.29) is 17.4 Å². The number of benzene rings is 1. The molecule has 0 bridgehead atoms. The SMILES string of the molecule is OC(c1ccc(-c2ccco2)c(F)c1)(C(F)(F)F)C(F)(F)F. The molecule has 2 rings (SSSR count). The first-order valence-electron chi connectivity index (χ1n) is 5.68. The molecule has 120 valence electrons. The van der Waals surface area contributed by atoms with Crippen LogP contribution in [0.1, 0.15) is 5.56 Å². The molecular weight excluding hydrogens is 321 g/mol. The van der Waals surface area contributed by atoms with E-state index >= 15 is 0 Å². The van der Waals surface area contributed by atoms with Crippen LogP contribution in [0.5, 0.6) is 0 Å². The second-order valence-electron chi connectivity index (χ2n) is 4.38. The van der Waals surface area contributed by atoms with E-state index < -0.39 is 29.3 Å². The molecule has 1 N–H and O–H groups in total. The van der Waals surface area contributed by atoms with Gasteiger partial charge in [0.05, 0.1) is 11.8 Å². The van der Waals surface area contributed by atoms with Crippen LogP contribution in [0.25, 0.3) is 11.3 Å². The maximum Gasteiger partial charge on any atom is 0.430 e. The molecule has 0 unspecified atom stereocenters. The summed E-state index contributed by atoms with van der Waals surface area (Å²) in [6.07, 6.45) is -11.0. The topological polar surface area (TPSA) is 33.4 Å². The first kappa shape index (κ1) is 16.3. The normalized spacial score (nSPS) is 13.5. The van der Waals surface area contributed by atoms with E-state index in [4.69, 9.17) is 9.52 Å². The Morgan fingerprint density at radius 2 is 1.50 bits per heavy atom. The van der Waals surface area contributed by atoms with E-state index in [2.05, 4.69) is 0 Å². The van der Waals surface area contributed by atoms with E-state index in [1.165, 1.54) is 12.1 Å². The molecular formula is C13H7F7O2. The minimum Gasteiger partial charge on any atom is -0.464 e. The molecule has 1 heterocycles. The molecule has 0 aliphatic carbocycles. The lowest BCUT2D eigenvalue weighted by molar-refractivity contribution is -0.376. The molecule has 0 spiro atoms. The smallest absolute Gasteiger partial charge is 0.430 e. The lowest BCUT2D eigenvalue weighted by Crippen LogP contribution is -2.53. The van der Waals surface area contributed by atoms with Crippen molar-refractivity contribution in [3.63, 3.8) is 0 Å². The van der Waals surface area contributed by atoms with Crippen molar-refractivity contribution in [3.8, 4) is 11.3 Å². The van der Waals surface area contributed by atoms with Crippen LogP contribution in [0.3, 0.4) is 0 Å². The highest BCUT2D eigenvalue weighted by Gasteiger charge is 2.71. The molecule has 9 heteroatoms. The highest BCUT2D eigenvalue weighted by molar-refractivity contribution is 5.59.